The van der Waals surface area contributed by atoms with Gasteiger partial charge in [-0.3, -0.25) is 0 Å². The normalized spacial score (nSPS) is 12.2. The van der Waals surface area contributed by atoms with Crippen LogP contribution in [0.4, 0.5) is 5.69 Å². The first kappa shape index (κ1) is 14.6. The van der Waals surface area contributed by atoms with Crippen molar-refractivity contribution in [3.63, 3.8) is 0 Å². The van der Waals surface area contributed by atoms with E-state index in [0.717, 1.165) is 13.1 Å². The van der Waals surface area contributed by atoms with Crippen LogP contribution >= 0.6 is 0 Å². The number of hydrogen-bond donors (Lipinski definition) is 1. The van der Waals surface area contributed by atoms with Crippen LogP contribution in [0.2, 0.25) is 0 Å². The molecular formula is C18H24N2. The maximum Gasteiger partial charge on any atom is 0.0495 e. The van der Waals surface area contributed by atoms with Crippen LogP contribution in [0.15, 0.2) is 54.6 Å². The zero-order valence-corrected chi connectivity index (χ0v) is 12.6. The molecule has 2 aromatic rings. The summed E-state index contributed by atoms with van der Waals surface area (Å²) in [7, 11) is 2.03. The molecule has 0 radical (unpaired) electrons. The van der Waals surface area contributed by atoms with Crippen LogP contribution in [-0.2, 0) is 0 Å². The molecule has 20 heavy (non-hydrogen) atoms. The summed E-state index contributed by atoms with van der Waals surface area (Å²) in [6.07, 6.45) is 0. The van der Waals surface area contributed by atoms with Gasteiger partial charge in [0.05, 0.1) is 0 Å². The molecule has 0 amide bonds. The molecule has 1 unspecified atom stereocenters. The highest BCUT2D eigenvalue weighted by molar-refractivity contribution is 5.46. The Balaban J connectivity index is 2.14. The standard InChI is InChI=1S/C18H24N2/c1-4-20(17-8-6-5-7-9-17)14-18(19-3)16-12-10-15(2)11-13-16/h5-13,18-19H,4,14H2,1-3H3. The molecule has 1 N–H and O–H groups in total. The Hall–Kier alpha value is -1.80. The van der Waals surface area contributed by atoms with Crippen LogP contribution in [0.25, 0.3) is 0 Å². The molecule has 0 aliphatic carbocycles. The Morgan fingerprint density at radius 1 is 1.00 bits per heavy atom. The molecule has 0 aliphatic heterocycles. The van der Waals surface area contributed by atoms with E-state index in [2.05, 4.69) is 78.7 Å². The van der Waals surface area contributed by atoms with Gasteiger partial charge in [0.1, 0.15) is 0 Å². The van der Waals surface area contributed by atoms with Gasteiger partial charge in [-0.1, -0.05) is 48.0 Å². The van der Waals surface area contributed by atoms with Gasteiger partial charge >= 0.3 is 0 Å². The molecule has 0 saturated heterocycles. The summed E-state index contributed by atoms with van der Waals surface area (Å²) in [6.45, 7) is 6.31. The Kier molecular flexibility index (Phi) is 5.19. The number of benzene rings is 2. The summed E-state index contributed by atoms with van der Waals surface area (Å²) < 4.78 is 0. The average molecular weight is 268 g/mol. The van der Waals surface area contributed by atoms with Crippen molar-refractivity contribution in [3.8, 4) is 0 Å². The van der Waals surface area contributed by atoms with Gasteiger partial charge in [0.15, 0.2) is 0 Å². The van der Waals surface area contributed by atoms with E-state index in [9.17, 15) is 0 Å². The van der Waals surface area contributed by atoms with Gasteiger partial charge in [-0.05, 0) is 38.6 Å². The summed E-state index contributed by atoms with van der Waals surface area (Å²) in [5.74, 6) is 0. The monoisotopic (exact) mass is 268 g/mol. The second kappa shape index (κ2) is 7.11. The topological polar surface area (TPSA) is 15.3 Å². The molecule has 0 saturated carbocycles. The van der Waals surface area contributed by atoms with Gasteiger partial charge < -0.3 is 10.2 Å². The second-order valence-electron chi connectivity index (χ2n) is 5.13. The smallest absolute Gasteiger partial charge is 0.0495 e. The number of rotatable bonds is 6. The van der Waals surface area contributed by atoms with Gasteiger partial charge in [0, 0.05) is 24.8 Å². The Bertz CT molecular complexity index is 505. The summed E-state index contributed by atoms with van der Waals surface area (Å²) in [5, 5.41) is 3.43. The summed E-state index contributed by atoms with van der Waals surface area (Å²) in [5.41, 5.74) is 3.92. The highest BCUT2D eigenvalue weighted by atomic mass is 15.1. The fourth-order valence-electron chi connectivity index (χ4n) is 2.44. The second-order valence-corrected chi connectivity index (χ2v) is 5.13. The Morgan fingerprint density at radius 2 is 1.65 bits per heavy atom. The molecule has 0 aliphatic rings. The van der Waals surface area contributed by atoms with Crippen LogP contribution in [-0.4, -0.2) is 20.1 Å². The minimum atomic E-state index is 0.343. The lowest BCUT2D eigenvalue weighted by Crippen LogP contribution is -2.33. The van der Waals surface area contributed by atoms with E-state index >= 15 is 0 Å². The third-order valence-electron chi connectivity index (χ3n) is 3.73. The molecule has 0 fully saturated rings. The van der Waals surface area contributed by atoms with Crippen molar-refractivity contribution >= 4 is 5.69 Å². The Morgan fingerprint density at radius 3 is 2.20 bits per heavy atom. The number of nitrogens with zero attached hydrogens (tertiary/aromatic N) is 1. The first-order valence-electron chi connectivity index (χ1n) is 7.28. The van der Waals surface area contributed by atoms with E-state index in [-0.39, 0.29) is 0 Å². The lowest BCUT2D eigenvalue weighted by molar-refractivity contribution is 0.577. The van der Waals surface area contributed by atoms with Crippen molar-refractivity contribution in [2.75, 3.05) is 25.0 Å². The van der Waals surface area contributed by atoms with Gasteiger partial charge in [-0.25, -0.2) is 0 Å². The first-order valence-corrected chi connectivity index (χ1v) is 7.28. The van der Waals surface area contributed by atoms with E-state index in [4.69, 9.17) is 0 Å². The van der Waals surface area contributed by atoms with Crippen molar-refractivity contribution < 1.29 is 0 Å². The molecule has 1 atom stereocenters. The van der Waals surface area contributed by atoms with Crippen molar-refractivity contribution in [2.24, 2.45) is 0 Å². The lowest BCUT2D eigenvalue weighted by atomic mass is 10.0. The molecule has 0 bridgehead atoms. The predicted octanol–water partition coefficient (Wildman–Crippen LogP) is 3.78. The van der Waals surface area contributed by atoms with Crippen LogP contribution in [0.5, 0.6) is 0 Å². The average Bonchev–Trinajstić information content (AvgIpc) is 2.51. The largest absolute Gasteiger partial charge is 0.370 e. The summed E-state index contributed by atoms with van der Waals surface area (Å²) in [6, 6.07) is 19.7. The maximum atomic E-state index is 3.43. The van der Waals surface area contributed by atoms with Crippen LogP contribution in [0.3, 0.4) is 0 Å². The number of nitrogens with one attached hydrogen (secondary N) is 1. The Labute approximate surface area is 122 Å². The van der Waals surface area contributed by atoms with E-state index < -0.39 is 0 Å². The maximum absolute atomic E-state index is 3.43. The fourth-order valence-corrected chi connectivity index (χ4v) is 2.44. The predicted molar refractivity (Wildman–Crippen MR) is 87.3 cm³/mol. The number of hydrogen-bond acceptors (Lipinski definition) is 2. The zero-order valence-electron chi connectivity index (χ0n) is 12.6. The molecule has 0 aromatic heterocycles. The lowest BCUT2D eigenvalue weighted by Gasteiger charge is -2.28. The molecule has 2 nitrogen and oxygen atoms in total. The van der Waals surface area contributed by atoms with Crippen LogP contribution < -0.4 is 10.2 Å². The van der Waals surface area contributed by atoms with E-state index in [0.29, 0.717) is 6.04 Å². The van der Waals surface area contributed by atoms with Crippen LogP contribution in [0.1, 0.15) is 24.1 Å². The van der Waals surface area contributed by atoms with Crippen LogP contribution in [0, 0.1) is 6.92 Å². The molecule has 2 aromatic carbocycles. The van der Waals surface area contributed by atoms with E-state index in [1.54, 1.807) is 0 Å². The minimum Gasteiger partial charge on any atom is -0.370 e. The number of likely N-dealkylation sites (N-methyl/N-ethyl adjacent to an activating group) is 2. The van der Waals surface area contributed by atoms with Crippen molar-refractivity contribution in [3.05, 3.63) is 65.7 Å². The number of anilines is 1. The van der Waals surface area contributed by atoms with Crippen molar-refractivity contribution in [1.82, 2.24) is 5.32 Å². The third-order valence-corrected chi connectivity index (χ3v) is 3.73. The van der Waals surface area contributed by atoms with Gasteiger partial charge in [-0.15, -0.1) is 0 Å². The number of para-hydroxylation sites is 1. The number of aryl methyl sites for hydroxylation is 1. The van der Waals surface area contributed by atoms with Crippen molar-refractivity contribution in [2.45, 2.75) is 19.9 Å². The summed E-state index contributed by atoms with van der Waals surface area (Å²) >= 11 is 0. The SMILES string of the molecule is CCN(CC(NC)c1ccc(C)cc1)c1ccccc1. The molecule has 2 heteroatoms. The van der Waals surface area contributed by atoms with Crippen molar-refractivity contribution in [1.29, 1.82) is 0 Å². The summed E-state index contributed by atoms with van der Waals surface area (Å²) in [4.78, 5) is 2.40. The highest BCUT2D eigenvalue weighted by Crippen LogP contribution is 2.19. The van der Waals surface area contributed by atoms with Gasteiger partial charge in [0.25, 0.3) is 0 Å². The quantitative estimate of drug-likeness (QED) is 0.857. The van der Waals surface area contributed by atoms with Gasteiger partial charge in [-0.2, -0.15) is 0 Å². The molecule has 0 spiro atoms. The van der Waals surface area contributed by atoms with E-state index in [1.165, 1.54) is 16.8 Å². The zero-order chi connectivity index (χ0) is 14.4. The van der Waals surface area contributed by atoms with E-state index in [1.807, 2.05) is 7.05 Å². The fraction of sp³-hybridized carbons (Fsp3) is 0.333. The highest BCUT2D eigenvalue weighted by Gasteiger charge is 2.13. The van der Waals surface area contributed by atoms with Gasteiger partial charge in [0.2, 0.25) is 0 Å². The molecule has 0 heterocycles. The minimum absolute atomic E-state index is 0.343. The first-order chi connectivity index (χ1) is 9.74. The molecular weight excluding hydrogens is 244 g/mol. The third kappa shape index (κ3) is 3.61. The molecule has 2 rings (SSSR count). The molecule has 106 valence electrons.